The van der Waals surface area contributed by atoms with Crippen LogP contribution >= 0.6 is 0 Å². The summed E-state index contributed by atoms with van der Waals surface area (Å²) in [6.45, 7) is 3.65. The van der Waals surface area contributed by atoms with Gasteiger partial charge in [0.05, 0.1) is 0 Å². The lowest BCUT2D eigenvalue weighted by atomic mass is 10.1. The molecule has 0 radical (unpaired) electrons. The minimum absolute atomic E-state index is 0.0000209. The Morgan fingerprint density at radius 2 is 1.48 bits per heavy atom. The fraction of sp³-hybridized carbons (Fsp3) is 0.905. The van der Waals surface area contributed by atoms with Crippen molar-refractivity contribution in [1.29, 1.82) is 0 Å². The quantitative estimate of drug-likeness (QED) is 0.295. The summed E-state index contributed by atoms with van der Waals surface area (Å²) in [7, 11) is 0. The summed E-state index contributed by atoms with van der Waals surface area (Å²) in [5.41, 5.74) is 0. The summed E-state index contributed by atoms with van der Waals surface area (Å²) in [5.74, 6) is 6.34. The van der Waals surface area contributed by atoms with E-state index in [0.717, 1.165) is 19.4 Å². The van der Waals surface area contributed by atoms with Crippen LogP contribution in [0.4, 0.5) is 0 Å². The summed E-state index contributed by atoms with van der Waals surface area (Å²) < 4.78 is 11.1. The summed E-state index contributed by atoms with van der Waals surface area (Å²) in [6.07, 6.45) is 19.7. The molecule has 1 aliphatic heterocycles. The van der Waals surface area contributed by atoms with Gasteiger partial charge in [-0.1, -0.05) is 77.1 Å². The van der Waals surface area contributed by atoms with E-state index in [0.29, 0.717) is 6.61 Å². The van der Waals surface area contributed by atoms with Gasteiger partial charge in [0.25, 0.3) is 0 Å². The molecule has 0 saturated carbocycles. The largest absolute Gasteiger partial charge is 0.353 e. The number of rotatable bonds is 13. The highest BCUT2D eigenvalue weighted by atomic mass is 16.7. The molecule has 1 saturated heterocycles. The van der Waals surface area contributed by atoms with Crippen molar-refractivity contribution in [2.45, 2.75) is 110 Å². The molecule has 134 valence electrons. The van der Waals surface area contributed by atoms with Gasteiger partial charge in [-0.2, -0.15) is 0 Å². The maximum Gasteiger partial charge on any atom is 0.158 e. The number of hydrogen-bond acceptors (Lipinski definition) is 2. The lowest BCUT2D eigenvalue weighted by molar-refractivity contribution is -0.154. The molecule has 0 aromatic rings. The first kappa shape index (κ1) is 20.5. The number of hydrogen-bond donors (Lipinski definition) is 0. The zero-order valence-corrected chi connectivity index (χ0v) is 15.4. The minimum Gasteiger partial charge on any atom is -0.353 e. The Labute approximate surface area is 144 Å². The first-order valence-electron chi connectivity index (χ1n) is 10.1. The van der Waals surface area contributed by atoms with Crippen molar-refractivity contribution in [1.82, 2.24) is 0 Å². The fourth-order valence-electron chi connectivity index (χ4n) is 2.99. The first-order chi connectivity index (χ1) is 11.4. The number of unbranched alkanes of at least 4 members (excludes halogenated alkanes) is 11. The molecule has 1 rings (SSSR count). The molecule has 1 aliphatic rings. The highest BCUT2D eigenvalue weighted by molar-refractivity contribution is 4.98. The molecule has 0 aromatic carbocycles. The van der Waals surface area contributed by atoms with Gasteiger partial charge >= 0.3 is 0 Å². The highest BCUT2D eigenvalue weighted by Gasteiger charge is 2.12. The topological polar surface area (TPSA) is 18.5 Å². The van der Waals surface area contributed by atoms with Crippen LogP contribution in [0.3, 0.4) is 0 Å². The minimum atomic E-state index is 0.0000209. The van der Waals surface area contributed by atoms with Crippen molar-refractivity contribution in [3.05, 3.63) is 0 Å². The van der Waals surface area contributed by atoms with Crippen molar-refractivity contribution >= 4 is 0 Å². The molecule has 0 aromatic heterocycles. The highest BCUT2D eigenvalue weighted by Crippen LogP contribution is 2.13. The lowest BCUT2D eigenvalue weighted by Crippen LogP contribution is -2.22. The summed E-state index contributed by atoms with van der Waals surface area (Å²) in [5, 5.41) is 0. The van der Waals surface area contributed by atoms with E-state index in [1.165, 1.54) is 83.5 Å². The van der Waals surface area contributed by atoms with Crippen LogP contribution in [0.25, 0.3) is 0 Å². The molecule has 23 heavy (non-hydrogen) atoms. The van der Waals surface area contributed by atoms with E-state index in [1.807, 2.05) is 0 Å². The van der Waals surface area contributed by atoms with E-state index >= 15 is 0 Å². The predicted octanol–water partition coefficient (Wildman–Crippen LogP) is 6.23. The Morgan fingerprint density at radius 3 is 2.09 bits per heavy atom. The molecule has 0 amide bonds. The Bertz CT molecular complexity index is 297. The first-order valence-corrected chi connectivity index (χ1v) is 10.1. The zero-order chi connectivity index (χ0) is 16.4. The smallest absolute Gasteiger partial charge is 0.158 e. The molecular formula is C21H38O2. The monoisotopic (exact) mass is 322 g/mol. The van der Waals surface area contributed by atoms with Gasteiger partial charge in [-0.3, -0.25) is 0 Å². The predicted molar refractivity (Wildman–Crippen MR) is 98.4 cm³/mol. The fourth-order valence-corrected chi connectivity index (χ4v) is 2.99. The third kappa shape index (κ3) is 13.6. The summed E-state index contributed by atoms with van der Waals surface area (Å²) >= 11 is 0. The Balaban J connectivity index is 1.75. The molecule has 1 heterocycles. The average Bonchev–Trinajstić information content (AvgIpc) is 2.59. The molecule has 0 aliphatic carbocycles. The van der Waals surface area contributed by atoms with Crippen LogP contribution < -0.4 is 0 Å². The van der Waals surface area contributed by atoms with Crippen LogP contribution in [0.1, 0.15) is 103 Å². The van der Waals surface area contributed by atoms with Gasteiger partial charge in [0.15, 0.2) is 6.29 Å². The molecule has 0 bridgehead atoms. The van der Waals surface area contributed by atoms with Gasteiger partial charge in [0.2, 0.25) is 0 Å². The van der Waals surface area contributed by atoms with E-state index in [1.54, 1.807) is 0 Å². The van der Waals surface area contributed by atoms with E-state index in [4.69, 9.17) is 9.47 Å². The van der Waals surface area contributed by atoms with Crippen LogP contribution in [-0.2, 0) is 9.47 Å². The molecule has 1 fully saturated rings. The van der Waals surface area contributed by atoms with E-state index < -0.39 is 0 Å². The average molecular weight is 323 g/mol. The van der Waals surface area contributed by atoms with Gasteiger partial charge in [-0.25, -0.2) is 0 Å². The normalized spacial score (nSPS) is 17.7. The third-order valence-electron chi connectivity index (χ3n) is 4.51. The van der Waals surface area contributed by atoms with Crippen molar-refractivity contribution in [3.63, 3.8) is 0 Å². The second-order valence-electron chi connectivity index (χ2n) is 6.75. The van der Waals surface area contributed by atoms with Crippen LogP contribution in [0.5, 0.6) is 0 Å². The Kier molecular flexibility index (Phi) is 14.6. The second-order valence-corrected chi connectivity index (χ2v) is 6.75. The van der Waals surface area contributed by atoms with Gasteiger partial charge < -0.3 is 9.47 Å². The molecule has 2 nitrogen and oxygen atoms in total. The third-order valence-corrected chi connectivity index (χ3v) is 4.51. The molecule has 1 atom stereocenters. The molecule has 0 N–H and O–H groups in total. The van der Waals surface area contributed by atoms with E-state index in [9.17, 15) is 0 Å². The Hall–Kier alpha value is -0.520. The standard InChI is InChI=1S/C21H38O2/c1-2-3-4-5-6-7-8-9-10-11-12-13-14-16-19-22-21-18-15-17-20-23-21/h21H,2-13,15,17-20H2,1H3. The molecule has 2 heteroatoms. The number of ether oxygens (including phenoxy) is 2. The Morgan fingerprint density at radius 1 is 0.826 bits per heavy atom. The van der Waals surface area contributed by atoms with Crippen molar-refractivity contribution < 1.29 is 9.47 Å². The SMILES string of the molecule is CCCCCCCCCCCCCC#CCOC1CCCCO1. The van der Waals surface area contributed by atoms with Gasteiger partial charge in [-0.05, 0) is 25.7 Å². The van der Waals surface area contributed by atoms with Gasteiger partial charge in [0.1, 0.15) is 6.61 Å². The maximum atomic E-state index is 5.59. The van der Waals surface area contributed by atoms with Crippen LogP contribution in [0, 0.1) is 11.8 Å². The lowest BCUT2D eigenvalue weighted by Gasteiger charge is -2.21. The summed E-state index contributed by atoms with van der Waals surface area (Å²) in [4.78, 5) is 0. The second kappa shape index (κ2) is 16.3. The molecular weight excluding hydrogens is 284 g/mol. The van der Waals surface area contributed by atoms with E-state index in [-0.39, 0.29) is 6.29 Å². The maximum absolute atomic E-state index is 5.59. The van der Waals surface area contributed by atoms with Crippen molar-refractivity contribution in [2.75, 3.05) is 13.2 Å². The van der Waals surface area contributed by atoms with Crippen molar-refractivity contribution in [3.8, 4) is 11.8 Å². The summed E-state index contributed by atoms with van der Waals surface area (Å²) in [6, 6.07) is 0. The van der Waals surface area contributed by atoms with Crippen LogP contribution in [0.15, 0.2) is 0 Å². The van der Waals surface area contributed by atoms with E-state index in [2.05, 4.69) is 18.8 Å². The van der Waals surface area contributed by atoms with Crippen molar-refractivity contribution in [2.24, 2.45) is 0 Å². The molecule has 0 spiro atoms. The van der Waals surface area contributed by atoms with Gasteiger partial charge in [-0.15, -0.1) is 5.92 Å². The van der Waals surface area contributed by atoms with Crippen LogP contribution in [-0.4, -0.2) is 19.5 Å². The van der Waals surface area contributed by atoms with Crippen LogP contribution in [0.2, 0.25) is 0 Å². The molecule has 1 unspecified atom stereocenters. The zero-order valence-electron chi connectivity index (χ0n) is 15.4. The van der Waals surface area contributed by atoms with Gasteiger partial charge in [0, 0.05) is 13.0 Å².